The number of rotatable bonds is 3. The second kappa shape index (κ2) is 5.82. The van der Waals surface area contributed by atoms with Crippen LogP contribution in [0.4, 0.5) is 0 Å². The number of halogens is 1. The summed E-state index contributed by atoms with van der Waals surface area (Å²) in [5.74, 6) is 0. The van der Waals surface area contributed by atoms with Gasteiger partial charge in [-0.15, -0.1) is 12.4 Å². The molecule has 1 atom stereocenters. The van der Waals surface area contributed by atoms with E-state index in [0.717, 1.165) is 38.3 Å². The third kappa shape index (κ3) is 3.07. The first-order valence-electron chi connectivity index (χ1n) is 5.29. The van der Waals surface area contributed by atoms with Gasteiger partial charge in [0.2, 0.25) is 0 Å². The highest BCUT2D eigenvalue weighted by Crippen LogP contribution is 2.07. The topological polar surface area (TPSA) is 51.3 Å². The molecular weight excluding hydrogens is 246 g/mol. The molecule has 1 aromatic rings. The lowest BCUT2D eigenvalue weighted by atomic mass is 10.3. The van der Waals surface area contributed by atoms with E-state index in [1.165, 1.54) is 11.3 Å². The van der Waals surface area contributed by atoms with Crippen LogP contribution in [0.25, 0.3) is 0 Å². The van der Waals surface area contributed by atoms with Crippen molar-refractivity contribution in [3.8, 4) is 0 Å². The van der Waals surface area contributed by atoms with E-state index in [9.17, 15) is 4.79 Å². The van der Waals surface area contributed by atoms with Crippen LogP contribution in [0.3, 0.4) is 0 Å². The summed E-state index contributed by atoms with van der Waals surface area (Å²) in [6.45, 7) is 5.75. The first-order chi connectivity index (χ1) is 7.16. The van der Waals surface area contributed by atoms with Crippen LogP contribution < -0.4 is 10.6 Å². The molecule has 2 heterocycles. The van der Waals surface area contributed by atoms with Crippen molar-refractivity contribution in [3.05, 3.63) is 20.7 Å². The zero-order valence-corrected chi connectivity index (χ0v) is 11.0. The molecule has 0 aromatic carbocycles. The van der Waals surface area contributed by atoms with Gasteiger partial charge in [0.1, 0.15) is 0 Å². The van der Waals surface area contributed by atoms with Crippen molar-refractivity contribution in [1.82, 2.24) is 9.47 Å². The van der Waals surface area contributed by atoms with E-state index in [2.05, 4.69) is 4.90 Å². The van der Waals surface area contributed by atoms with Crippen molar-refractivity contribution in [1.29, 1.82) is 0 Å². The van der Waals surface area contributed by atoms with Gasteiger partial charge in [-0.25, -0.2) is 0 Å². The molecule has 1 aliphatic rings. The van der Waals surface area contributed by atoms with Crippen LogP contribution >= 0.6 is 23.7 Å². The summed E-state index contributed by atoms with van der Waals surface area (Å²) >= 11 is 1.28. The largest absolute Gasteiger partial charge is 0.326 e. The summed E-state index contributed by atoms with van der Waals surface area (Å²) in [4.78, 5) is 13.9. The SMILES string of the molecule is Cc1csc(=O)n1CCN1CC[C@@H](N)C1.Cl. The van der Waals surface area contributed by atoms with Crippen LogP contribution in [0.5, 0.6) is 0 Å². The van der Waals surface area contributed by atoms with Crippen molar-refractivity contribution in [2.45, 2.75) is 25.9 Å². The predicted octanol–water partition coefficient (Wildman–Crippen LogP) is 0.673. The minimum atomic E-state index is 0. The highest BCUT2D eigenvalue weighted by Gasteiger charge is 2.18. The molecule has 0 bridgehead atoms. The smallest absolute Gasteiger partial charge is 0.307 e. The number of aromatic nitrogens is 1. The molecule has 1 aromatic heterocycles. The number of nitrogens with two attached hydrogens (primary N) is 1. The van der Waals surface area contributed by atoms with E-state index < -0.39 is 0 Å². The van der Waals surface area contributed by atoms with Crippen molar-refractivity contribution in [2.75, 3.05) is 19.6 Å². The third-order valence-electron chi connectivity index (χ3n) is 2.93. The van der Waals surface area contributed by atoms with Gasteiger partial charge in [0.15, 0.2) is 0 Å². The van der Waals surface area contributed by atoms with Gasteiger partial charge in [-0.3, -0.25) is 9.69 Å². The minimum absolute atomic E-state index is 0. The molecule has 0 amide bonds. The van der Waals surface area contributed by atoms with E-state index >= 15 is 0 Å². The first-order valence-corrected chi connectivity index (χ1v) is 6.17. The number of hydrogen-bond acceptors (Lipinski definition) is 4. The standard InChI is InChI=1S/C10H17N3OS.ClH/c1-8-7-15-10(14)13(8)5-4-12-3-2-9(11)6-12;/h7,9H,2-6,11H2,1H3;1H/t9-;/m1./s1. The summed E-state index contributed by atoms with van der Waals surface area (Å²) < 4.78 is 1.84. The predicted molar refractivity (Wildman–Crippen MR) is 69.6 cm³/mol. The molecular formula is C10H18ClN3OS. The number of nitrogens with zero attached hydrogens (tertiary/aromatic N) is 2. The summed E-state index contributed by atoms with van der Waals surface area (Å²) in [5.41, 5.74) is 6.89. The lowest BCUT2D eigenvalue weighted by molar-refractivity contribution is 0.316. The molecule has 0 saturated carbocycles. The molecule has 16 heavy (non-hydrogen) atoms. The molecule has 1 aliphatic heterocycles. The summed E-state index contributed by atoms with van der Waals surface area (Å²) in [6, 6.07) is 0.324. The molecule has 0 radical (unpaired) electrons. The fraction of sp³-hybridized carbons (Fsp3) is 0.700. The molecule has 4 nitrogen and oxygen atoms in total. The second-order valence-electron chi connectivity index (χ2n) is 4.14. The van der Waals surface area contributed by atoms with Gasteiger partial charge in [-0.05, 0) is 19.9 Å². The third-order valence-corrected chi connectivity index (χ3v) is 3.81. The Labute approximate surface area is 105 Å². The van der Waals surface area contributed by atoms with Crippen LogP contribution in [0.1, 0.15) is 12.1 Å². The lowest BCUT2D eigenvalue weighted by Crippen LogP contribution is -2.31. The monoisotopic (exact) mass is 263 g/mol. The van der Waals surface area contributed by atoms with Crippen molar-refractivity contribution < 1.29 is 0 Å². The Balaban J connectivity index is 0.00000128. The molecule has 2 N–H and O–H groups in total. The fourth-order valence-electron chi connectivity index (χ4n) is 1.98. The Kier molecular flexibility index (Phi) is 4.98. The van der Waals surface area contributed by atoms with Crippen molar-refractivity contribution in [3.63, 3.8) is 0 Å². The maximum Gasteiger partial charge on any atom is 0.307 e. The van der Waals surface area contributed by atoms with Gasteiger partial charge < -0.3 is 10.3 Å². The van der Waals surface area contributed by atoms with Gasteiger partial charge in [0, 0.05) is 36.8 Å². The summed E-state index contributed by atoms with van der Waals surface area (Å²) in [7, 11) is 0. The van der Waals surface area contributed by atoms with Crippen LogP contribution in [0.15, 0.2) is 10.2 Å². The van der Waals surface area contributed by atoms with Gasteiger partial charge in [0.05, 0.1) is 0 Å². The molecule has 0 unspecified atom stereocenters. The number of likely N-dealkylation sites (tertiary alicyclic amines) is 1. The Morgan fingerprint density at radius 3 is 2.81 bits per heavy atom. The Hall–Kier alpha value is -0.360. The molecule has 92 valence electrons. The maximum absolute atomic E-state index is 11.4. The number of hydrogen-bond donors (Lipinski definition) is 1. The average Bonchev–Trinajstić information content (AvgIpc) is 2.73. The zero-order chi connectivity index (χ0) is 10.8. The number of thiazole rings is 1. The fourth-order valence-corrected chi connectivity index (χ4v) is 2.74. The Morgan fingerprint density at radius 2 is 2.31 bits per heavy atom. The second-order valence-corrected chi connectivity index (χ2v) is 4.96. The number of aryl methyl sites for hydroxylation is 1. The first kappa shape index (κ1) is 13.7. The molecule has 1 fully saturated rings. The molecule has 2 rings (SSSR count). The van der Waals surface area contributed by atoms with Gasteiger partial charge in [0.25, 0.3) is 0 Å². The van der Waals surface area contributed by atoms with Gasteiger partial charge >= 0.3 is 4.87 Å². The van der Waals surface area contributed by atoms with Crippen molar-refractivity contribution >= 4 is 23.7 Å². The van der Waals surface area contributed by atoms with Gasteiger partial charge in [-0.2, -0.15) is 0 Å². The van der Waals surface area contributed by atoms with Crippen LogP contribution in [-0.2, 0) is 6.54 Å². The highest BCUT2D eigenvalue weighted by atomic mass is 35.5. The van der Waals surface area contributed by atoms with E-state index in [1.807, 2.05) is 16.9 Å². The minimum Gasteiger partial charge on any atom is -0.326 e. The van der Waals surface area contributed by atoms with E-state index in [1.54, 1.807) is 0 Å². The van der Waals surface area contributed by atoms with E-state index in [-0.39, 0.29) is 17.3 Å². The quantitative estimate of drug-likeness (QED) is 0.872. The zero-order valence-electron chi connectivity index (χ0n) is 9.39. The van der Waals surface area contributed by atoms with Crippen LogP contribution in [-0.4, -0.2) is 35.1 Å². The molecule has 6 heteroatoms. The normalized spacial score (nSPS) is 21.0. The van der Waals surface area contributed by atoms with Gasteiger partial charge in [-0.1, -0.05) is 11.3 Å². The molecule has 0 spiro atoms. The lowest BCUT2D eigenvalue weighted by Gasteiger charge is -2.15. The van der Waals surface area contributed by atoms with Crippen LogP contribution in [0, 0.1) is 6.92 Å². The Bertz CT molecular complexity index is 390. The summed E-state index contributed by atoms with van der Waals surface area (Å²) in [5, 5.41) is 1.91. The highest BCUT2D eigenvalue weighted by molar-refractivity contribution is 7.07. The van der Waals surface area contributed by atoms with Crippen molar-refractivity contribution in [2.24, 2.45) is 5.73 Å². The summed E-state index contributed by atoms with van der Waals surface area (Å²) in [6.07, 6.45) is 1.08. The average molecular weight is 264 g/mol. The van der Waals surface area contributed by atoms with E-state index in [0.29, 0.717) is 6.04 Å². The Morgan fingerprint density at radius 1 is 1.56 bits per heavy atom. The van der Waals surface area contributed by atoms with Crippen LogP contribution in [0.2, 0.25) is 0 Å². The molecule has 1 saturated heterocycles. The molecule has 0 aliphatic carbocycles. The maximum atomic E-state index is 11.4. The van der Waals surface area contributed by atoms with E-state index in [4.69, 9.17) is 5.73 Å².